The van der Waals surface area contributed by atoms with Crippen molar-refractivity contribution in [3.05, 3.63) is 171 Å². The molecule has 48 heavy (non-hydrogen) atoms. The summed E-state index contributed by atoms with van der Waals surface area (Å²) in [5.74, 6) is 2.76. The standard InChI is InChI=1S/C42H39NO5/c1-45-35-18-14-33(15-19-35)28-43(26-25-32-11-7-4-8-12-32)29-39-41(47-30-34-16-20-36(46-2)21-17-34)24-23-38-40(44)27-37(48-42(38)39)22-13-31-9-5-3-6-10-31/h3-24,27H,25-26,28-30H2,1-2H3/b22-13+. The second-order valence-corrected chi connectivity index (χ2v) is 11.6. The van der Waals surface area contributed by atoms with Gasteiger partial charge in [0.2, 0.25) is 0 Å². The molecule has 6 heteroatoms. The fraction of sp³-hybridized carbons (Fsp3) is 0.167. The molecule has 1 aromatic heterocycles. The van der Waals surface area contributed by atoms with Crippen LogP contribution in [0.15, 0.2) is 137 Å². The van der Waals surface area contributed by atoms with E-state index in [1.807, 2.05) is 91.0 Å². The Balaban J connectivity index is 1.39. The summed E-state index contributed by atoms with van der Waals surface area (Å²) in [6, 6.07) is 41.6. The molecule has 0 N–H and O–H groups in total. The molecule has 0 aliphatic rings. The normalized spacial score (nSPS) is 11.3. The highest BCUT2D eigenvalue weighted by atomic mass is 16.5. The van der Waals surface area contributed by atoms with E-state index in [-0.39, 0.29) is 5.43 Å². The van der Waals surface area contributed by atoms with Crippen LogP contribution in [0.4, 0.5) is 0 Å². The molecule has 1 heterocycles. The van der Waals surface area contributed by atoms with Crippen LogP contribution in [-0.4, -0.2) is 25.7 Å². The van der Waals surface area contributed by atoms with Gasteiger partial charge in [-0.15, -0.1) is 0 Å². The van der Waals surface area contributed by atoms with Crippen molar-refractivity contribution in [1.82, 2.24) is 4.90 Å². The van der Waals surface area contributed by atoms with Crippen LogP contribution in [0.25, 0.3) is 23.1 Å². The Kier molecular flexibility index (Phi) is 10.7. The van der Waals surface area contributed by atoms with Crippen molar-refractivity contribution in [2.24, 2.45) is 0 Å². The second-order valence-electron chi connectivity index (χ2n) is 11.6. The molecular weight excluding hydrogens is 598 g/mol. The lowest BCUT2D eigenvalue weighted by Gasteiger charge is -2.25. The molecule has 0 amide bonds. The van der Waals surface area contributed by atoms with Crippen LogP contribution in [0.3, 0.4) is 0 Å². The molecule has 6 nitrogen and oxygen atoms in total. The maximum absolute atomic E-state index is 13.5. The molecule has 242 valence electrons. The van der Waals surface area contributed by atoms with Crippen LogP contribution in [0.5, 0.6) is 17.2 Å². The zero-order valence-electron chi connectivity index (χ0n) is 27.3. The minimum absolute atomic E-state index is 0.0992. The molecule has 6 aromatic rings. The van der Waals surface area contributed by atoms with Gasteiger partial charge >= 0.3 is 0 Å². The van der Waals surface area contributed by atoms with E-state index in [4.69, 9.17) is 18.6 Å². The minimum atomic E-state index is -0.0992. The first-order chi connectivity index (χ1) is 23.6. The summed E-state index contributed by atoms with van der Waals surface area (Å²) in [6.45, 7) is 2.32. The quantitative estimate of drug-likeness (QED) is 0.119. The van der Waals surface area contributed by atoms with Gasteiger partial charge in [0.25, 0.3) is 0 Å². The van der Waals surface area contributed by atoms with E-state index >= 15 is 0 Å². The second kappa shape index (κ2) is 15.8. The van der Waals surface area contributed by atoms with Crippen LogP contribution in [0.1, 0.15) is 33.6 Å². The van der Waals surface area contributed by atoms with E-state index in [0.717, 1.165) is 46.7 Å². The van der Waals surface area contributed by atoms with E-state index in [1.54, 1.807) is 26.4 Å². The van der Waals surface area contributed by atoms with Crippen molar-refractivity contribution in [2.75, 3.05) is 20.8 Å². The molecule has 0 atom stereocenters. The van der Waals surface area contributed by atoms with E-state index in [1.165, 1.54) is 5.56 Å². The lowest BCUT2D eigenvalue weighted by atomic mass is 10.1. The van der Waals surface area contributed by atoms with Crippen molar-refractivity contribution in [3.8, 4) is 17.2 Å². The number of ether oxygens (including phenoxy) is 3. The number of hydrogen-bond donors (Lipinski definition) is 0. The Hall–Kier alpha value is -5.59. The molecule has 0 saturated carbocycles. The molecule has 0 aliphatic carbocycles. The Morgan fingerprint density at radius 3 is 1.98 bits per heavy atom. The van der Waals surface area contributed by atoms with Gasteiger partial charge in [-0.3, -0.25) is 9.69 Å². The molecule has 0 bridgehead atoms. The lowest BCUT2D eigenvalue weighted by Crippen LogP contribution is -2.26. The first-order valence-electron chi connectivity index (χ1n) is 16.1. The van der Waals surface area contributed by atoms with E-state index in [0.29, 0.717) is 42.2 Å². The first kappa shape index (κ1) is 32.4. The predicted molar refractivity (Wildman–Crippen MR) is 192 cm³/mol. The third-order valence-electron chi connectivity index (χ3n) is 8.28. The zero-order valence-corrected chi connectivity index (χ0v) is 27.3. The number of methoxy groups -OCH3 is 2. The topological polar surface area (TPSA) is 61.1 Å². The van der Waals surface area contributed by atoms with Crippen molar-refractivity contribution < 1.29 is 18.6 Å². The minimum Gasteiger partial charge on any atom is -0.497 e. The van der Waals surface area contributed by atoms with Crippen molar-refractivity contribution in [1.29, 1.82) is 0 Å². The molecule has 5 aromatic carbocycles. The summed E-state index contributed by atoms with van der Waals surface area (Å²) in [5, 5.41) is 0.520. The van der Waals surface area contributed by atoms with Gasteiger partial charge in [0.15, 0.2) is 5.43 Å². The highest BCUT2D eigenvalue weighted by molar-refractivity contribution is 5.83. The summed E-state index contributed by atoms with van der Waals surface area (Å²) in [7, 11) is 3.33. The van der Waals surface area contributed by atoms with Gasteiger partial charge in [-0.05, 0) is 71.1 Å². The Bertz CT molecular complexity index is 2000. The molecule has 0 aliphatic heterocycles. The average Bonchev–Trinajstić information content (AvgIpc) is 3.14. The average molecular weight is 638 g/mol. The van der Waals surface area contributed by atoms with Crippen LogP contribution in [0.2, 0.25) is 0 Å². The molecule has 0 unspecified atom stereocenters. The van der Waals surface area contributed by atoms with Crippen LogP contribution >= 0.6 is 0 Å². The van der Waals surface area contributed by atoms with Gasteiger partial charge in [0, 0.05) is 25.7 Å². The number of hydrogen-bond acceptors (Lipinski definition) is 6. The smallest absolute Gasteiger partial charge is 0.193 e. The summed E-state index contributed by atoms with van der Waals surface area (Å²) >= 11 is 0. The Labute approximate surface area is 281 Å². The van der Waals surface area contributed by atoms with Gasteiger partial charge in [-0.25, -0.2) is 0 Å². The monoisotopic (exact) mass is 637 g/mol. The summed E-state index contributed by atoms with van der Waals surface area (Å²) in [4.78, 5) is 15.9. The van der Waals surface area contributed by atoms with Gasteiger partial charge in [-0.2, -0.15) is 0 Å². The number of nitrogens with zero attached hydrogens (tertiary/aromatic N) is 1. The van der Waals surface area contributed by atoms with Crippen molar-refractivity contribution in [2.45, 2.75) is 26.1 Å². The highest BCUT2D eigenvalue weighted by Crippen LogP contribution is 2.31. The fourth-order valence-corrected chi connectivity index (χ4v) is 5.63. The van der Waals surface area contributed by atoms with Crippen LogP contribution in [0, 0.1) is 0 Å². The fourth-order valence-electron chi connectivity index (χ4n) is 5.63. The summed E-state index contributed by atoms with van der Waals surface area (Å²) in [6.07, 6.45) is 4.65. The Morgan fingerprint density at radius 1 is 0.667 bits per heavy atom. The largest absolute Gasteiger partial charge is 0.497 e. The maximum Gasteiger partial charge on any atom is 0.193 e. The number of fused-ring (bicyclic) bond motifs is 1. The van der Waals surface area contributed by atoms with Crippen molar-refractivity contribution in [3.63, 3.8) is 0 Å². The zero-order chi connectivity index (χ0) is 33.1. The van der Waals surface area contributed by atoms with E-state index in [2.05, 4.69) is 41.3 Å². The SMILES string of the molecule is COc1ccc(COc2ccc3c(=O)cc(/C=C/c4ccccc4)oc3c2CN(CCc2ccccc2)Cc2ccc(OC)cc2)cc1. The molecule has 0 radical (unpaired) electrons. The molecule has 0 saturated heterocycles. The number of benzene rings is 5. The Morgan fingerprint density at radius 2 is 1.31 bits per heavy atom. The third-order valence-corrected chi connectivity index (χ3v) is 8.28. The van der Waals surface area contributed by atoms with Gasteiger partial charge in [-0.1, -0.05) is 91.0 Å². The van der Waals surface area contributed by atoms with Crippen LogP contribution in [-0.2, 0) is 26.1 Å². The van der Waals surface area contributed by atoms with E-state index < -0.39 is 0 Å². The lowest BCUT2D eigenvalue weighted by molar-refractivity contribution is 0.248. The first-order valence-corrected chi connectivity index (χ1v) is 16.1. The summed E-state index contributed by atoms with van der Waals surface area (Å²) in [5.41, 5.74) is 5.68. The van der Waals surface area contributed by atoms with E-state index in [9.17, 15) is 4.79 Å². The summed E-state index contributed by atoms with van der Waals surface area (Å²) < 4.78 is 23.8. The van der Waals surface area contributed by atoms with Gasteiger partial charge in [0.05, 0.1) is 25.2 Å². The maximum atomic E-state index is 13.5. The molecule has 0 fully saturated rings. The highest BCUT2D eigenvalue weighted by Gasteiger charge is 2.19. The molecule has 0 spiro atoms. The number of rotatable bonds is 14. The van der Waals surface area contributed by atoms with Gasteiger partial charge < -0.3 is 18.6 Å². The molecule has 6 rings (SSSR count). The predicted octanol–water partition coefficient (Wildman–Crippen LogP) is 8.80. The third kappa shape index (κ3) is 8.41. The molecular formula is C42H39NO5. The van der Waals surface area contributed by atoms with Crippen LogP contribution < -0.4 is 19.6 Å². The van der Waals surface area contributed by atoms with Crippen molar-refractivity contribution >= 4 is 23.1 Å². The van der Waals surface area contributed by atoms with Gasteiger partial charge in [0.1, 0.15) is 35.2 Å².